The molecule has 1 saturated heterocycles. The van der Waals surface area contributed by atoms with Crippen LogP contribution >= 0.6 is 0 Å². The highest BCUT2D eigenvalue weighted by Crippen LogP contribution is 2.08. The average molecular weight is 380 g/mol. The molecule has 150 valence electrons. The van der Waals surface area contributed by atoms with Crippen LogP contribution < -0.4 is 21.7 Å². The molecular formula is C17H28N6O4. The van der Waals surface area contributed by atoms with Crippen LogP contribution in [0.1, 0.15) is 37.8 Å². The van der Waals surface area contributed by atoms with Gasteiger partial charge >= 0.3 is 5.97 Å². The van der Waals surface area contributed by atoms with Crippen molar-refractivity contribution in [2.75, 3.05) is 13.1 Å². The first-order valence-electron chi connectivity index (χ1n) is 9.26. The largest absolute Gasteiger partial charge is 0.480 e. The number of nitrogens with two attached hydrogens (primary N) is 1. The Bertz CT molecular complexity index is 615. The van der Waals surface area contributed by atoms with Gasteiger partial charge in [-0.05, 0) is 45.2 Å². The molecule has 1 aliphatic rings. The quantitative estimate of drug-likeness (QED) is 0.265. The highest BCUT2D eigenvalue weighted by atomic mass is 16.4. The van der Waals surface area contributed by atoms with Gasteiger partial charge in [0.25, 0.3) is 0 Å². The Balaban J connectivity index is 2.01. The van der Waals surface area contributed by atoms with Crippen LogP contribution in [0.15, 0.2) is 12.5 Å². The van der Waals surface area contributed by atoms with E-state index in [1.54, 1.807) is 6.20 Å². The first-order chi connectivity index (χ1) is 13.0. The van der Waals surface area contributed by atoms with E-state index in [9.17, 15) is 19.5 Å². The number of carbonyl (C=O) groups excluding carboxylic acids is 2. The molecule has 2 amide bonds. The van der Waals surface area contributed by atoms with Gasteiger partial charge < -0.3 is 31.8 Å². The number of carboxylic acid groups (broad SMARTS) is 1. The number of carbonyl (C=O) groups is 3. The smallest absolute Gasteiger partial charge is 0.326 e. The van der Waals surface area contributed by atoms with Gasteiger partial charge in [-0.2, -0.15) is 0 Å². The van der Waals surface area contributed by atoms with E-state index < -0.39 is 24.0 Å². The van der Waals surface area contributed by atoms with Gasteiger partial charge in [0.15, 0.2) is 0 Å². The summed E-state index contributed by atoms with van der Waals surface area (Å²) in [6, 6.07) is -2.26. The minimum absolute atomic E-state index is 0.170. The van der Waals surface area contributed by atoms with Crippen molar-refractivity contribution in [2.24, 2.45) is 5.73 Å². The molecule has 10 nitrogen and oxygen atoms in total. The summed E-state index contributed by atoms with van der Waals surface area (Å²) in [5, 5.41) is 17.7. The van der Waals surface area contributed by atoms with Gasteiger partial charge in [0.2, 0.25) is 11.8 Å². The Hall–Kier alpha value is -2.46. The van der Waals surface area contributed by atoms with Crippen LogP contribution in [-0.2, 0) is 20.8 Å². The van der Waals surface area contributed by atoms with Gasteiger partial charge in [0.05, 0.1) is 18.1 Å². The molecule has 7 N–H and O–H groups in total. The minimum Gasteiger partial charge on any atom is -0.480 e. The van der Waals surface area contributed by atoms with Crippen molar-refractivity contribution >= 4 is 17.8 Å². The van der Waals surface area contributed by atoms with E-state index in [1.807, 2.05) is 0 Å². The lowest BCUT2D eigenvalue weighted by atomic mass is 10.1. The van der Waals surface area contributed by atoms with Crippen molar-refractivity contribution in [1.82, 2.24) is 25.9 Å². The maximum absolute atomic E-state index is 12.7. The number of nitrogens with one attached hydrogen (secondary N) is 4. The second kappa shape index (κ2) is 10.6. The van der Waals surface area contributed by atoms with Crippen molar-refractivity contribution in [1.29, 1.82) is 0 Å². The number of nitrogens with zero attached hydrogens (tertiary/aromatic N) is 1. The Kier molecular flexibility index (Phi) is 8.21. The third kappa shape index (κ3) is 6.65. The minimum atomic E-state index is -1.11. The van der Waals surface area contributed by atoms with Crippen LogP contribution in [-0.4, -0.2) is 64.1 Å². The lowest BCUT2D eigenvalue weighted by Gasteiger charge is -2.22. The molecule has 27 heavy (non-hydrogen) atoms. The maximum atomic E-state index is 12.7. The number of imidazole rings is 1. The number of aliphatic carboxylic acids is 1. The fourth-order valence-corrected chi connectivity index (χ4v) is 3.02. The van der Waals surface area contributed by atoms with E-state index in [1.165, 1.54) is 6.33 Å². The highest BCUT2D eigenvalue weighted by molar-refractivity contribution is 5.92. The predicted octanol–water partition coefficient (Wildman–Crippen LogP) is -1.11. The zero-order valence-corrected chi connectivity index (χ0v) is 15.2. The third-order valence-electron chi connectivity index (χ3n) is 4.54. The van der Waals surface area contributed by atoms with E-state index in [-0.39, 0.29) is 24.8 Å². The van der Waals surface area contributed by atoms with E-state index in [0.717, 1.165) is 13.0 Å². The van der Waals surface area contributed by atoms with E-state index in [4.69, 9.17) is 5.73 Å². The van der Waals surface area contributed by atoms with Crippen LogP contribution in [0, 0.1) is 0 Å². The van der Waals surface area contributed by atoms with Gasteiger partial charge in [-0.1, -0.05) is 0 Å². The van der Waals surface area contributed by atoms with Gasteiger partial charge in [-0.15, -0.1) is 0 Å². The molecule has 3 unspecified atom stereocenters. The molecule has 0 radical (unpaired) electrons. The molecule has 0 aliphatic carbocycles. The second-order valence-corrected chi connectivity index (χ2v) is 6.66. The number of aromatic nitrogens is 2. The van der Waals surface area contributed by atoms with E-state index in [2.05, 4.69) is 25.9 Å². The van der Waals surface area contributed by atoms with Gasteiger partial charge in [0.1, 0.15) is 12.1 Å². The lowest BCUT2D eigenvalue weighted by molar-refractivity contribution is -0.142. The standard InChI is InChI=1S/C17H28N6O4/c18-6-2-1-4-13(17(26)27)22-16(25)14(8-11-9-19-10-21-11)23-15(24)12-5-3-7-20-12/h9-10,12-14,20H,1-8,18H2,(H,19,21)(H,22,25)(H,23,24)(H,26,27). The summed E-state index contributed by atoms with van der Waals surface area (Å²) >= 11 is 0. The molecule has 0 aromatic carbocycles. The zero-order valence-electron chi connectivity index (χ0n) is 15.2. The molecule has 1 aromatic heterocycles. The number of unbranched alkanes of at least 4 members (excludes halogenated alkanes) is 1. The number of rotatable bonds is 11. The summed E-state index contributed by atoms with van der Waals surface area (Å²) in [6.07, 6.45) is 6.45. The van der Waals surface area contributed by atoms with Crippen molar-refractivity contribution in [3.63, 3.8) is 0 Å². The van der Waals surface area contributed by atoms with Gasteiger partial charge in [-0.25, -0.2) is 9.78 Å². The number of hydrogen-bond donors (Lipinski definition) is 6. The lowest BCUT2D eigenvalue weighted by Crippen LogP contribution is -2.55. The van der Waals surface area contributed by atoms with Crippen LogP contribution in [0.25, 0.3) is 0 Å². The first kappa shape index (κ1) is 20.8. The number of hydrogen-bond acceptors (Lipinski definition) is 6. The Morgan fingerprint density at radius 2 is 2.11 bits per heavy atom. The van der Waals surface area contributed by atoms with Gasteiger partial charge in [-0.3, -0.25) is 9.59 Å². The average Bonchev–Trinajstić information content (AvgIpc) is 3.33. The first-order valence-corrected chi connectivity index (χ1v) is 9.26. The fourth-order valence-electron chi connectivity index (χ4n) is 3.02. The summed E-state index contributed by atoms with van der Waals surface area (Å²) in [6.45, 7) is 1.23. The Labute approximate surface area is 157 Å². The van der Waals surface area contributed by atoms with Crippen molar-refractivity contribution in [3.05, 3.63) is 18.2 Å². The Morgan fingerprint density at radius 3 is 2.70 bits per heavy atom. The molecule has 2 rings (SSSR count). The van der Waals surface area contributed by atoms with Crippen LogP contribution in [0.3, 0.4) is 0 Å². The maximum Gasteiger partial charge on any atom is 0.326 e. The van der Waals surface area contributed by atoms with Crippen molar-refractivity contribution < 1.29 is 19.5 Å². The molecular weight excluding hydrogens is 352 g/mol. The fraction of sp³-hybridized carbons (Fsp3) is 0.647. The summed E-state index contributed by atoms with van der Waals surface area (Å²) in [7, 11) is 0. The summed E-state index contributed by atoms with van der Waals surface area (Å²) < 4.78 is 0. The number of carboxylic acids is 1. The second-order valence-electron chi connectivity index (χ2n) is 6.66. The van der Waals surface area contributed by atoms with E-state index >= 15 is 0 Å². The molecule has 3 atom stereocenters. The van der Waals surface area contributed by atoms with Crippen molar-refractivity contribution in [2.45, 2.75) is 56.7 Å². The van der Waals surface area contributed by atoms with Crippen molar-refractivity contribution in [3.8, 4) is 0 Å². The molecule has 1 aliphatic heterocycles. The number of amides is 2. The normalized spacial score (nSPS) is 18.6. The SMILES string of the molecule is NCCCCC(NC(=O)C(Cc1c[nH]cn1)NC(=O)C1CCCN1)C(=O)O. The Morgan fingerprint density at radius 1 is 1.30 bits per heavy atom. The zero-order chi connectivity index (χ0) is 19.6. The monoisotopic (exact) mass is 380 g/mol. The predicted molar refractivity (Wildman–Crippen MR) is 97.7 cm³/mol. The summed E-state index contributed by atoms with van der Waals surface area (Å²) in [5.41, 5.74) is 6.03. The summed E-state index contributed by atoms with van der Waals surface area (Å²) in [5.74, 6) is -1.91. The van der Waals surface area contributed by atoms with E-state index in [0.29, 0.717) is 31.5 Å². The number of H-pyrrole nitrogens is 1. The number of aromatic amines is 1. The third-order valence-corrected chi connectivity index (χ3v) is 4.54. The summed E-state index contributed by atoms with van der Waals surface area (Å²) in [4.78, 5) is 43.4. The molecule has 1 fully saturated rings. The molecule has 2 heterocycles. The topological polar surface area (TPSA) is 162 Å². The molecule has 0 spiro atoms. The van der Waals surface area contributed by atoms with Gasteiger partial charge in [0, 0.05) is 12.6 Å². The molecule has 1 aromatic rings. The van der Waals surface area contributed by atoms with Crippen LogP contribution in [0.2, 0.25) is 0 Å². The molecule has 0 bridgehead atoms. The van der Waals surface area contributed by atoms with Crippen LogP contribution in [0.4, 0.5) is 0 Å². The molecule has 10 heteroatoms. The molecule has 0 saturated carbocycles. The van der Waals surface area contributed by atoms with Crippen LogP contribution in [0.5, 0.6) is 0 Å². The highest BCUT2D eigenvalue weighted by Gasteiger charge is 2.30.